The van der Waals surface area contributed by atoms with E-state index in [1.54, 1.807) is 0 Å². The number of nitrogens with one attached hydrogen (secondary N) is 1. The molecular weight excluding hydrogens is 196 g/mol. The Balaban J connectivity index is 1.48. The van der Waals surface area contributed by atoms with E-state index in [2.05, 4.69) is 24.3 Å². The maximum absolute atomic E-state index is 3.87. The zero-order valence-corrected chi connectivity index (χ0v) is 10.8. The molecule has 0 amide bonds. The molecule has 3 fully saturated rings. The number of hydrogen-bond acceptors (Lipinski definition) is 2. The van der Waals surface area contributed by atoms with Crippen molar-refractivity contribution in [3.8, 4) is 0 Å². The molecule has 16 heavy (non-hydrogen) atoms. The Morgan fingerprint density at radius 3 is 2.44 bits per heavy atom. The molecule has 3 rings (SSSR count). The van der Waals surface area contributed by atoms with E-state index in [4.69, 9.17) is 0 Å². The van der Waals surface area contributed by atoms with Gasteiger partial charge in [-0.1, -0.05) is 6.42 Å². The Bertz CT molecular complexity index is 245. The molecule has 0 heterocycles. The average molecular weight is 222 g/mol. The summed E-state index contributed by atoms with van der Waals surface area (Å²) in [5.41, 5.74) is 0. The summed E-state index contributed by atoms with van der Waals surface area (Å²) < 4.78 is 0. The summed E-state index contributed by atoms with van der Waals surface area (Å²) in [6.45, 7) is 1.23. The summed E-state index contributed by atoms with van der Waals surface area (Å²) in [6, 6.07) is 1.65. The third kappa shape index (κ3) is 2.14. The van der Waals surface area contributed by atoms with Crippen LogP contribution >= 0.6 is 0 Å². The van der Waals surface area contributed by atoms with Gasteiger partial charge in [-0.2, -0.15) is 0 Å². The van der Waals surface area contributed by atoms with Crippen molar-refractivity contribution in [1.29, 1.82) is 0 Å². The Morgan fingerprint density at radius 1 is 1.12 bits per heavy atom. The van der Waals surface area contributed by atoms with E-state index in [9.17, 15) is 0 Å². The number of rotatable bonds is 5. The van der Waals surface area contributed by atoms with E-state index < -0.39 is 0 Å². The fourth-order valence-corrected chi connectivity index (χ4v) is 4.02. The Kier molecular flexibility index (Phi) is 2.97. The lowest BCUT2D eigenvalue weighted by atomic mass is 9.95. The van der Waals surface area contributed by atoms with Crippen molar-refractivity contribution >= 4 is 0 Å². The van der Waals surface area contributed by atoms with E-state index in [-0.39, 0.29) is 0 Å². The van der Waals surface area contributed by atoms with Crippen LogP contribution in [0.4, 0.5) is 0 Å². The van der Waals surface area contributed by atoms with Crippen LogP contribution in [0.1, 0.15) is 38.5 Å². The third-order valence-electron chi connectivity index (χ3n) is 5.16. The fourth-order valence-electron chi connectivity index (χ4n) is 4.02. The Hall–Kier alpha value is -0.0800. The molecule has 1 N–H and O–H groups in total. The lowest BCUT2D eigenvalue weighted by Crippen LogP contribution is -2.44. The van der Waals surface area contributed by atoms with Crippen LogP contribution in [0.15, 0.2) is 0 Å². The maximum atomic E-state index is 3.87. The van der Waals surface area contributed by atoms with Gasteiger partial charge in [0.2, 0.25) is 0 Å². The molecule has 3 aliphatic rings. The molecule has 0 aromatic carbocycles. The van der Waals surface area contributed by atoms with Crippen molar-refractivity contribution in [2.45, 2.75) is 50.6 Å². The molecule has 92 valence electrons. The van der Waals surface area contributed by atoms with Crippen LogP contribution in [0.3, 0.4) is 0 Å². The average Bonchev–Trinajstić information content (AvgIpc) is 2.87. The van der Waals surface area contributed by atoms with Gasteiger partial charge in [-0.25, -0.2) is 0 Å². The van der Waals surface area contributed by atoms with Crippen LogP contribution in [0.5, 0.6) is 0 Å². The summed E-state index contributed by atoms with van der Waals surface area (Å²) in [7, 11) is 4.48. The monoisotopic (exact) mass is 222 g/mol. The highest BCUT2D eigenvalue weighted by molar-refractivity contribution is 4.96. The summed E-state index contributed by atoms with van der Waals surface area (Å²) in [4.78, 5) is 2.43. The van der Waals surface area contributed by atoms with Crippen LogP contribution in [-0.2, 0) is 0 Å². The quantitative estimate of drug-likeness (QED) is 0.766. The minimum Gasteiger partial charge on any atom is -0.312 e. The predicted molar refractivity (Wildman–Crippen MR) is 67.4 cm³/mol. The molecular formula is C14H26N2. The topological polar surface area (TPSA) is 15.3 Å². The van der Waals surface area contributed by atoms with Crippen molar-refractivity contribution in [3.05, 3.63) is 0 Å². The van der Waals surface area contributed by atoms with Crippen molar-refractivity contribution < 1.29 is 0 Å². The molecule has 2 heteroatoms. The summed E-state index contributed by atoms with van der Waals surface area (Å²) in [6.07, 6.45) is 8.92. The highest BCUT2D eigenvalue weighted by Gasteiger charge is 2.40. The third-order valence-corrected chi connectivity index (χ3v) is 5.16. The zero-order valence-electron chi connectivity index (χ0n) is 10.8. The second-order valence-corrected chi connectivity index (χ2v) is 6.56. The lowest BCUT2D eigenvalue weighted by molar-refractivity contribution is 0.234. The molecule has 0 aliphatic heterocycles. The van der Waals surface area contributed by atoms with Crippen LogP contribution in [0.25, 0.3) is 0 Å². The van der Waals surface area contributed by atoms with Crippen LogP contribution < -0.4 is 5.32 Å². The van der Waals surface area contributed by atoms with Gasteiger partial charge in [-0.3, -0.25) is 0 Å². The van der Waals surface area contributed by atoms with E-state index in [1.807, 2.05) is 0 Å². The molecule has 2 bridgehead atoms. The van der Waals surface area contributed by atoms with Crippen LogP contribution in [-0.4, -0.2) is 37.6 Å². The van der Waals surface area contributed by atoms with Crippen LogP contribution in [0, 0.1) is 17.8 Å². The van der Waals surface area contributed by atoms with Crippen molar-refractivity contribution in [2.75, 3.05) is 20.6 Å². The largest absolute Gasteiger partial charge is 0.312 e. The lowest BCUT2D eigenvalue weighted by Gasteiger charge is -2.29. The molecule has 0 radical (unpaired) electrons. The first-order valence-electron chi connectivity index (χ1n) is 7.14. The fraction of sp³-hybridized carbons (Fsp3) is 1.00. The van der Waals surface area contributed by atoms with Gasteiger partial charge in [0.25, 0.3) is 0 Å². The first-order chi connectivity index (χ1) is 7.74. The van der Waals surface area contributed by atoms with Gasteiger partial charge in [0, 0.05) is 18.6 Å². The summed E-state index contributed by atoms with van der Waals surface area (Å²) in [5.74, 6) is 3.08. The highest BCUT2D eigenvalue weighted by Crippen LogP contribution is 2.44. The molecule has 0 aromatic heterocycles. The van der Waals surface area contributed by atoms with Gasteiger partial charge in [-0.05, 0) is 64.0 Å². The number of fused-ring (bicyclic) bond motifs is 2. The van der Waals surface area contributed by atoms with Gasteiger partial charge in [0.1, 0.15) is 0 Å². The molecule has 4 atom stereocenters. The minimum atomic E-state index is 0.791. The second-order valence-electron chi connectivity index (χ2n) is 6.56. The van der Waals surface area contributed by atoms with Gasteiger partial charge in [0.15, 0.2) is 0 Å². The second kappa shape index (κ2) is 4.30. The van der Waals surface area contributed by atoms with E-state index in [0.29, 0.717) is 0 Å². The molecule has 0 spiro atoms. The first-order valence-corrected chi connectivity index (χ1v) is 7.14. The predicted octanol–water partition coefficient (Wildman–Crippen LogP) is 2.10. The number of nitrogens with zero attached hydrogens (tertiary/aromatic N) is 1. The van der Waals surface area contributed by atoms with Crippen LogP contribution in [0.2, 0.25) is 0 Å². The van der Waals surface area contributed by atoms with Crippen molar-refractivity contribution in [3.63, 3.8) is 0 Å². The summed E-state index contributed by atoms with van der Waals surface area (Å²) in [5, 5.41) is 3.87. The molecule has 0 aromatic rings. The standard InChI is InChI=1S/C14H26N2/c1-16(2)14(11-5-6-11)9-15-13-8-10-3-4-12(13)7-10/h10-15H,3-9H2,1-2H3. The number of likely N-dealkylation sites (N-methyl/N-ethyl adjacent to an activating group) is 1. The van der Waals surface area contributed by atoms with Gasteiger partial charge >= 0.3 is 0 Å². The normalized spacial score (nSPS) is 39.6. The maximum Gasteiger partial charge on any atom is 0.0242 e. The Morgan fingerprint density at radius 2 is 1.94 bits per heavy atom. The summed E-state index contributed by atoms with van der Waals surface area (Å²) >= 11 is 0. The van der Waals surface area contributed by atoms with Gasteiger partial charge in [0.05, 0.1) is 0 Å². The minimum absolute atomic E-state index is 0.791. The van der Waals surface area contributed by atoms with E-state index in [1.165, 1.54) is 45.1 Å². The number of hydrogen-bond donors (Lipinski definition) is 1. The van der Waals surface area contributed by atoms with E-state index in [0.717, 1.165) is 29.8 Å². The molecule has 2 nitrogen and oxygen atoms in total. The van der Waals surface area contributed by atoms with E-state index >= 15 is 0 Å². The Labute approximate surface area is 99.8 Å². The van der Waals surface area contributed by atoms with Crippen molar-refractivity contribution in [2.24, 2.45) is 17.8 Å². The molecule has 3 saturated carbocycles. The first kappa shape index (κ1) is 11.0. The van der Waals surface area contributed by atoms with Gasteiger partial charge < -0.3 is 10.2 Å². The van der Waals surface area contributed by atoms with Gasteiger partial charge in [-0.15, -0.1) is 0 Å². The zero-order chi connectivity index (χ0) is 11.1. The molecule has 3 aliphatic carbocycles. The molecule has 0 saturated heterocycles. The SMILES string of the molecule is CN(C)C(CNC1CC2CCC1C2)C1CC1. The molecule has 4 unspecified atom stereocenters. The highest BCUT2D eigenvalue weighted by atomic mass is 15.1. The smallest absolute Gasteiger partial charge is 0.0242 e. The van der Waals surface area contributed by atoms with Crippen molar-refractivity contribution in [1.82, 2.24) is 10.2 Å².